The molecule has 2 bridgehead atoms. The molecular weight excluding hydrogens is 593 g/mol. The van der Waals surface area contributed by atoms with Crippen LogP contribution in [-0.2, 0) is 15.0 Å². The van der Waals surface area contributed by atoms with E-state index in [0.717, 1.165) is 27.8 Å². The third kappa shape index (κ3) is 3.72. The van der Waals surface area contributed by atoms with Crippen LogP contribution in [0.15, 0.2) is 90.0 Å². The minimum Gasteiger partial charge on any atom is -0.274 e. The summed E-state index contributed by atoms with van der Waals surface area (Å²) in [5, 5.41) is 5.45. The fraction of sp³-hybridized carbons (Fsp3) is 0.152. The highest BCUT2D eigenvalue weighted by Crippen LogP contribution is 2.63. The molecule has 0 aromatic heterocycles. The van der Waals surface area contributed by atoms with E-state index < -0.39 is 23.2 Å². The lowest BCUT2D eigenvalue weighted by atomic mass is 9.47. The molecule has 1 aliphatic heterocycles. The van der Waals surface area contributed by atoms with Crippen molar-refractivity contribution in [2.75, 3.05) is 4.90 Å². The molecule has 3 amide bonds. The summed E-state index contributed by atoms with van der Waals surface area (Å²) in [5.74, 6) is -2.92. The molecule has 4 aromatic rings. The van der Waals surface area contributed by atoms with E-state index in [-0.39, 0.29) is 28.3 Å². The molecule has 0 radical (unpaired) electrons. The topological polar surface area (TPSA) is 78.8 Å². The van der Waals surface area contributed by atoms with Gasteiger partial charge in [-0.2, -0.15) is 5.10 Å². The highest BCUT2D eigenvalue weighted by atomic mass is 35.5. The Morgan fingerprint density at radius 2 is 1.48 bits per heavy atom. The molecule has 9 heteroatoms. The molecule has 1 heterocycles. The molecule has 42 heavy (non-hydrogen) atoms. The lowest BCUT2D eigenvalue weighted by Crippen LogP contribution is -2.54. The predicted molar refractivity (Wildman–Crippen MR) is 164 cm³/mol. The third-order valence-corrected chi connectivity index (χ3v) is 9.49. The summed E-state index contributed by atoms with van der Waals surface area (Å²) in [5.41, 5.74) is 6.57. The fourth-order valence-electron chi connectivity index (χ4n) is 7.04. The Kier molecular flexibility index (Phi) is 6.28. The van der Waals surface area contributed by atoms with Gasteiger partial charge in [-0.1, -0.05) is 89.4 Å². The van der Waals surface area contributed by atoms with E-state index >= 15 is 0 Å². The summed E-state index contributed by atoms with van der Waals surface area (Å²) in [4.78, 5) is 43.2. The van der Waals surface area contributed by atoms with Crippen molar-refractivity contribution in [2.45, 2.75) is 18.3 Å². The SMILES string of the molecule is Cc1ccc(Cl)cc1N1C(=O)[C@H]2C3c4ccccc4C(/C=N\NC(=O)c4ccc(Cl)cc4Cl)(c4ccccc43)[C@H]2C1=O. The van der Waals surface area contributed by atoms with Crippen molar-refractivity contribution in [3.05, 3.63) is 133 Å². The number of hydrogen-bond acceptors (Lipinski definition) is 4. The van der Waals surface area contributed by atoms with Crippen LogP contribution >= 0.6 is 34.8 Å². The number of amides is 3. The molecule has 208 valence electrons. The molecule has 1 saturated heterocycles. The molecule has 2 atom stereocenters. The Morgan fingerprint density at radius 3 is 2.14 bits per heavy atom. The number of nitrogens with one attached hydrogen (secondary N) is 1. The van der Waals surface area contributed by atoms with Crippen LogP contribution in [0.5, 0.6) is 0 Å². The Morgan fingerprint density at radius 1 is 0.857 bits per heavy atom. The number of hydrazone groups is 1. The zero-order chi connectivity index (χ0) is 29.3. The molecule has 0 unspecified atom stereocenters. The Balaban J connectivity index is 1.40. The van der Waals surface area contributed by atoms with E-state index in [1.54, 1.807) is 30.5 Å². The summed E-state index contributed by atoms with van der Waals surface area (Å²) < 4.78 is 0. The van der Waals surface area contributed by atoms with E-state index in [0.29, 0.717) is 15.7 Å². The number of rotatable bonds is 4. The number of carbonyl (C=O) groups is 3. The minimum atomic E-state index is -1.13. The number of nitrogens with zero attached hydrogens (tertiary/aromatic N) is 2. The van der Waals surface area contributed by atoms with Crippen molar-refractivity contribution in [3.8, 4) is 0 Å². The summed E-state index contributed by atoms with van der Waals surface area (Å²) in [6.07, 6.45) is 1.61. The maximum Gasteiger partial charge on any atom is 0.272 e. The second-order valence-electron chi connectivity index (χ2n) is 10.8. The van der Waals surface area contributed by atoms with Gasteiger partial charge in [-0.05, 0) is 65.1 Å². The first-order valence-electron chi connectivity index (χ1n) is 13.4. The molecule has 0 spiro atoms. The lowest BCUT2D eigenvalue weighted by molar-refractivity contribution is -0.122. The number of halogens is 3. The average Bonchev–Trinajstić information content (AvgIpc) is 3.25. The second-order valence-corrected chi connectivity index (χ2v) is 12.1. The fourth-order valence-corrected chi connectivity index (χ4v) is 7.70. The van der Waals surface area contributed by atoms with Gasteiger partial charge in [-0.3, -0.25) is 14.4 Å². The zero-order valence-corrected chi connectivity index (χ0v) is 24.4. The second kappa shape index (κ2) is 9.80. The summed E-state index contributed by atoms with van der Waals surface area (Å²) in [6.45, 7) is 1.85. The first-order valence-corrected chi connectivity index (χ1v) is 14.5. The normalized spacial score (nSPS) is 23.6. The number of anilines is 1. The molecule has 8 rings (SSSR count). The quantitative estimate of drug-likeness (QED) is 0.154. The maximum absolute atomic E-state index is 14.5. The van der Waals surface area contributed by atoms with E-state index in [1.165, 1.54) is 17.0 Å². The van der Waals surface area contributed by atoms with E-state index in [1.807, 2.05) is 55.5 Å². The average molecular weight is 615 g/mol. The number of carbonyl (C=O) groups excluding carboxylic acids is 3. The van der Waals surface area contributed by atoms with Crippen LogP contribution in [0.25, 0.3) is 0 Å². The first kappa shape index (κ1) is 26.9. The first-order chi connectivity index (χ1) is 20.2. The number of aryl methyl sites for hydroxylation is 1. The van der Waals surface area contributed by atoms with Crippen molar-refractivity contribution >= 4 is 64.4 Å². The number of imide groups is 1. The van der Waals surface area contributed by atoms with Crippen LogP contribution in [0.2, 0.25) is 15.1 Å². The number of benzene rings is 4. The van der Waals surface area contributed by atoms with E-state index in [9.17, 15) is 14.4 Å². The zero-order valence-electron chi connectivity index (χ0n) is 22.1. The van der Waals surface area contributed by atoms with Gasteiger partial charge in [-0.25, -0.2) is 10.3 Å². The van der Waals surface area contributed by atoms with Gasteiger partial charge in [0.25, 0.3) is 5.91 Å². The highest BCUT2D eigenvalue weighted by molar-refractivity contribution is 6.36. The van der Waals surface area contributed by atoms with Crippen LogP contribution in [0, 0.1) is 18.8 Å². The molecule has 3 aliphatic carbocycles. The predicted octanol–water partition coefficient (Wildman–Crippen LogP) is 6.92. The van der Waals surface area contributed by atoms with Gasteiger partial charge in [-0.15, -0.1) is 0 Å². The van der Waals surface area contributed by atoms with E-state index in [4.69, 9.17) is 34.8 Å². The molecule has 6 nitrogen and oxygen atoms in total. The molecular formula is C33H22Cl3N3O3. The molecule has 1 fully saturated rings. The van der Waals surface area contributed by atoms with Crippen molar-refractivity contribution < 1.29 is 14.4 Å². The van der Waals surface area contributed by atoms with Crippen molar-refractivity contribution in [3.63, 3.8) is 0 Å². The smallest absolute Gasteiger partial charge is 0.272 e. The van der Waals surface area contributed by atoms with Gasteiger partial charge in [0.15, 0.2) is 0 Å². The van der Waals surface area contributed by atoms with Gasteiger partial charge >= 0.3 is 0 Å². The molecule has 4 aromatic carbocycles. The van der Waals surface area contributed by atoms with Crippen LogP contribution in [-0.4, -0.2) is 23.9 Å². The summed E-state index contributed by atoms with van der Waals surface area (Å²) >= 11 is 18.6. The van der Waals surface area contributed by atoms with E-state index in [2.05, 4.69) is 10.5 Å². The molecule has 0 saturated carbocycles. The molecule has 4 aliphatic rings. The van der Waals surface area contributed by atoms with Gasteiger partial charge < -0.3 is 0 Å². The lowest BCUT2D eigenvalue weighted by Gasteiger charge is -2.52. The summed E-state index contributed by atoms with van der Waals surface area (Å²) in [7, 11) is 0. The van der Waals surface area contributed by atoms with Crippen LogP contribution < -0.4 is 10.3 Å². The summed E-state index contributed by atoms with van der Waals surface area (Å²) in [6, 6.07) is 25.4. The standard InChI is InChI=1S/C33H22Cl3N3O3/c1-17-10-11-19(35)15-26(17)39-31(41)28-27-20-6-2-4-8-23(20)33(29(28)32(39)42,24-9-5-3-7-21(24)27)16-37-38-30(40)22-13-12-18(34)14-25(22)36/h2-16,27-29H,1H3,(H,38,40)/b37-16-/t27?,28-,29+,33?/m0/s1. The van der Waals surface area contributed by atoms with Crippen molar-refractivity contribution in [2.24, 2.45) is 16.9 Å². The minimum absolute atomic E-state index is 0.186. The maximum atomic E-state index is 14.5. The van der Waals surface area contributed by atoms with Gasteiger partial charge in [0.2, 0.25) is 11.8 Å². The van der Waals surface area contributed by atoms with Crippen molar-refractivity contribution in [1.82, 2.24) is 5.43 Å². The van der Waals surface area contributed by atoms with Crippen molar-refractivity contribution in [1.29, 1.82) is 0 Å². The Bertz CT molecular complexity index is 1820. The Hall–Kier alpha value is -3.97. The van der Waals surface area contributed by atoms with Crippen LogP contribution in [0.3, 0.4) is 0 Å². The van der Waals surface area contributed by atoms with Crippen LogP contribution in [0.4, 0.5) is 5.69 Å². The van der Waals surface area contributed by atoms with Gasteiger partial charge in [0.05, 0.1) is 33.5 Å². The monoisotopic (exact) mass is 613 g/mol. The molecule has 1 N–H and O–H groups in total. The number of hydrogen-bond donors (Lipinski definition) is 1. The third-order valence-electron chi connectivity index (χ3n) is 8.71. The van der Waals surface area contributed by atoms with Gasteiger partial charge in [0.1, 0.15) is 0 Å². The van der Waals surface area contributed by atoms with Crippen LogP contribution in [0.1, 0.15) is 44.1 Å². The Labute approximate surface area is 256 Å². The van der Waals surface area contributed by atoms with Gasteiger partial charge in [0, 0.05) is 22.2 Å². The highest BCUT2D eigenvalue weighted by Gasteiger charge is 2.68. The largest absolute Gasteiger partial charge is 0.274 e.